The second kappa shape index (κ2) is 11.9. The van der Waals surface area contributed by atoms with E-state index in [0.717, 1.165) is 45.6 Å². The number of nitrogens with zero attached hydrogens (tertiary/aromatic N) is 3. The molecular formula is C16H34Cl2N4O2. The van der Waals surface area contributed by atoms with Crippen LogP contribution in [-0.2, 0) is 9.59 Å². The summed E-state index contributed by atoms with van der Waals surface area (Å²) in [4.78, 5) is 30.2. The maximum atomic E-state index is 12.7. The van der Waals surface area contributed by atoms with E-state index in [9.17, 15) is 9.59 Å². The van der Waals surface area contributed by atoms with E-state index in [1.807, 2.05) is 18.7 Å². The lowest BCUT2D eigenvalue weighted by atomic mass is 9.81. The van der Waals surface area contributed by atoms with Crippen LogP contribution in [0.5, 0.6) is 0 Å². The third-order valence-electron chi connectivity index (χ3n) is 5.00. The van der Waals surface area contributed by atoms with Crippen molar-refractivity contribution in [1.29, 1.82) is 0 Å². The van der Waals surface area contributed by atoms with Gasteiger partial charge < -0.3 is 15.5 Å². The van der Waals surface area contributed by atoms with Gasteiger partial charge in [0.05, 0.1) is 5.41 Å². The molecule has 1 rings (SSSR count). The van der Waals surface area contributed by atoms with E-state index in [1.165, 1.54) is 0 Å². The van der Waals surface area contributed by atoms with Crippen molar-refractivity contribution in [3.05, 3.63) is 0 Å². The van der Waals surface area contributed by atoms with E-state index in [-0.39, 0.29) is 36.6 Å². The van der Waals surface area contributed by atoms with Gasteiger partial charge in [-0.2, -0.15) is 0 Å². The number of piperazine rings is 1. The van der Waals surface area contributed by atoms with Crippen molar-refractivity contribution >= 4 is 36.6 Å². The molecule has 1 saturated heterocycles. The molecule has 0 aromatic rings. The molecule has 0 unspecified atom stereocenters. The van der Waals surface area contributed by atoms with Gasteiger partial charge in [-0.05, 0) is 12.8 Å². The van der Waals surface area contributed by atoms with Crippen LogP contribution in [0.1, 0.15) is 33.1 Å². The van der Waals surface area contributed by atoms with Crippen molar-refractivity contribution in [2.45, 2.75) is 33.1 Å². The summed E-state index contributed by atoms with van der Waals surface area (Å²) < 4.78 is 0. The Hall–Kier alpha value is -0.560. The Labute approximate surface area is 158 Å². The fraction of sp³-hybridized carbons (Fsp3) is 0.875. The molecule has 0 aromatic heterocycles. The second-order valence-corrected chi connectivity index (χ2v) is 6.36. The number of amides is 2. The maximum Gasteiger partial charge on any atom is 0.230 e. The summed E-state index contributed by atoms with van der Waals surface area (Å²) >= 11 is 0. The summed E-state index contributed by atoms with van der Waals surface area (Å²) in [6.07, 6.45) is 2.12. The highest BCUT2D eigenvalue weighted by Gasteiger charge is 2.37. The first-order valence-corrected chi connectivity index (χ1v) is 8.32. The number of hydrogen-bond acceptors (Lipinski definition) is 4. The highest BCUT2D eigenvalue weighted by Crippen LogP contribution is 2.28. The van der Waals surface area contributed by atoms with Crippen molar-refractivity contribution in [3.8, 4) is 0 Å². The number of carbonyl (C=O) groups is 2. The lowest BCUT2D eigenvalue weighted by Crippen LogP contribution is -2.55. The molecule has 1 aliphatic rings. The van der Waals surface area contributed by atoms with E-state index >= 15 is 0 Å². The van der Waals surface area contributed by atoms with Crippen LogP contribution in [0.3, 0.4) is 0 Å². The van der Waals surface area contributed by atoms with Crippen molar-refractivity contribution in [2.24, 2.45) is 11.1 Å². The van der Waals surface area contributed by atoms with Crippen molar-refractivity contribution in [3.63, 3.8) is 0 Å². The van der Waals surface area contributed by atoms with E-state index in [1.54, 1.807) is 19.0 Å². The largest absolute Gasteiger partial charge is 0.349 e. The van der Waals surface area contributed by atoms with Crippen LogP contribution in [0, 0.1) is 5.41 Å². The monoisotopic (exact) mass is 384 g/mol. The topological polar surface area (TPSA) is 69.9 Å². The molecule has 2 amide bonds. The standard InChI is InChI=1S/C16H32N4O2.2ClH/c1-5-16(6-2,13-17)15(22)20-11-9-19(10-12-20)8-7-14(21)18(3)4;;/h5-13,17H2,1-4H3;2*1H. The van der Waals surface area contributed by atoms with E-state index < -0.39 is 5.41 Å². The predicted octanol–water partition coefficient (Wildman–Crippen LogP) is 1.22. The minimum Gasteiger partial charge on any atom is -0.349 e. The minimum absolute atomic E-state index is 0. The summed E-state index contributed by atoms with van der Waals surface area (Å²) in [6, 6.07) is 0. The summed E-state index contributed by atoms with van der Waals surface area (Å²) in [5.74, 6) is 0.349. The van der Waals surface area contributed by atoms with Crippen LogP contribution < -0.4 is 5.73 Å². The van der Waals surface area contributed by atoms with Gasteiger partial charge in [0.25, 0.3) is 0 Å². The molecule has 1 fully saturated rings. The maximum absolute atomic E-state index is 12.7. The van der Waals surface area contributed by atoms with Crippen LogP contribution in [0.2, 0.25) is 0 Å². The Morgan fingerprint density at radius 3 is 1.92 bits per heavy atom. The van der Waals surface area contributed by atoms with Gasteiger partial charge in [-0.25, -0.2) is 0 Å². The minimum atomic E-state index is -0.400. The van der Waals surface area contributed by atoms with Gasteiger partial charge in [-0.15, -0.1) is 24.8 Å². The predicted molar refractivity (Wildman–Crippen MR) is 103 cm³/mol. The Bertz CT molecular complexity index is 374. The van der Waals surface area contributed by atoms with Gasteiger partial charge in [0, 0.05) is 59.8 Å². The second-order valence-electron chi connectivity index (χ2n) is 6.36. The molecule has 0 atom stereocenters. The summed E-state index contributed by atoms with van der Waals surface area (Å²) in [5.41, 5.74) is 5.47. The van der Waals surface area contributed by atoms with Gasteiger partial charge in [-0.1, -0.05) is 13.8 Å². The Morgan fingerprint density at radius 1 is 1.04 bits per heavy atom. The van der Waals surface area contributed by atoms with Gasteiger partial charge in [0.2, 0.25) is 11.8 Å². The molecule has 0 radical (unpaired) electrons. The number of nitrogens with two attached hydrogens (primary N) is 1. The SMILES string of the molecule is CCC(CC)(CN)C(=O)N1CCN(CCC(=O)N(C)C)CC1.Cl.Cl. The molecule has 24 heavy (non-hydrogen) atoms. The quantitative estimate of drug-likeness (QED) is 0.716. The number of halogens is 2. The van der Waals surface area contributed by atoms with Crippen LogP contribution in [0.25, 0.3) is 0 Å². The lowest BCUT2D eigenvalue weighted by molar-refractivity contribution is -0.144. The molecule has 0 saturated carbocycles. The highest BCUT2D eigenvalue weighted by molar-refractivity contribution is 5.85. The number of rotatable bonds is 7. The van der Waals surface area contributed by atoms with Crippen molar-refractivity contribution < 1.29 is 9.59 Å². The fourth-order valence-corrected chi connectivity index (χ4v) is 2.92. The van der Waals surface area contributed by atoms with Crippen LogP contribution >= 0.6 is 24.8 Å². The van der Waals surface area contributed by atoms with Gasteiger partial charge in [0.1, 0.15) is 0 Å². The first-order valence-electron chi connectivity index (χ1n) is 8.32. The molecule has 1 aliphatic heterocycles. The Kier molecular flexibility index (Phi) is 12.7. The number of hydrogen-bond donors (Lipinski definition) is 1. The average Bonchev–Trinajstić information content (AvgIpc) is 2.55. The zero-order valence-electron chi connectivity index (χ0n) is 15.4. The molecule has 144 valence electrons. The molecule has 6 nitrogen and oxygen atoms in total. The Morgan fingerprint density at radius 2 is 1.54 bits per heavy atom. The molecule has 8 heteroatoms. The van der Waals surface area contributed by atoms with Crippen LogP contribution in [0.15, 0.2) is 0 Å². The van der Waals surface area contributed by atoms with Crippen LogP contribution in [0.4, 0.5) is 0 Å². The van der Waals surface area contributed by atoms with Crippen LogP contribution in [-0.4, -0.2) is 79.9 Å². The third kappa shape index (κ3) is 6.39. The number of carbonyl (C=O) groups excluding carboxylic acids is 2. The lowest BCUT2D eigenvalue weighted by Gasteiger charge is -2.40. The molecule has 2 N–H and O–H groups in total. The Balaban J connectivity index is 0. The summed E-state index contributed by atoms with van der Waals surface area (Å²) in [5, 5.41) is 0. The zero-order valence-corrected chi connectivity index (χ0v) is 17.0. The molecular weight excluding hydrogens is 351 g/mol. The van der Waals surface area contributed by atoms with Gasteiger partial charge in [0.15, 0.2) is 0 Å². The highest BCUT2D eigenvalue weighted by atomic mass is 35.5. The van der Waals surface area contributed by atoms with E-state index in [0.29, 0.717) is 13.0 Å². The first-order chi connectivity index (χ1) is 10.4. The van der Waals surface area contributed by atoms with Crippen molar-refractivity contribution in [2.75, 3.05) is 53.4 Å². The van der Waals surface area contributed by atoms with Gasteiger partial charge in [-0.3, -0.25) is 14.5 Å². The molecule has 0 bridgehead atoms. The molecule has 1 heterocycles. The molecule has 0 spiro atoms. The first kappa shape index (κ1) is 25.7. The van der Waals surface area contributed by atoms with E-state index in [4.69, 9.17) is 5.73 Å². The van der Waals surface area contributed by atoms with Gasteiger partial charge >= 0.3 is 0 Å². The smallest absolute Gasteiger partial charge is 0.230 e. The fourth-order valence-electron chi connectivity index (χ4n) is 2.92. The molecule has 0 aromatic carbocycles. The normalized spacial score (nSPS) is 15.3. The zero-order chi connectivity index (χ0) is 16.8. The van der Waals surface area contributed by atoms with Crippen molar-refractivity contribution in [1.82, 2.24) is 14.7 Å². The average molecular weight is 385 g/mol. The van der Waals surface area contributed by atoms with E-state index in [2.05, 4.69) is 4.90 Å². The summed E-state index contributed by atoms with van der Waals surface area (Å²) in [7, 11) is 3.56. The molecule has 0 aliphatic carbocycles. The third-order valence-corrected chi connectivity index (χ3v) is 5.00. The summed E-state index contributed by atoms with van der Waals surface area (Å²) in [6.45, 7) is 8.39.